The van der Waals surface area contributed by atoms with Crippen molar-refractivity contribution in [3.63, 3.8) is 0 Å². The minimum absolute atomic E-state index is 0.108. The van der Waals surface area contributed by atoms with Gasteiger partial charge in [-0.2, -0.15) is 0 Å². The number of hydrogen-bond acceptors (Lipinski definition) is 5. The highest BCUT2D eigenvalue weighted by Gasteiger charge is 2.37. The largest absolute Gasteiger partial charge is 0.370 e. The van der Waals surface area contributed by atoms with Gasteiger partial charge in [0.25, 0.3) is 11.6 Å². The maximum Gasteiger partial charge on any atom is 0.270 e. The van der Waals surface area contributed by atoms with Gasteiger partial charge in [-0.05, 0) is 17.9 Å². The molecule has 106 valence electrons. The van der Waals surface area contributed by atoms with E-state index in [4.69, 9.17) is 5.73 Å². The molecule has 2 aliphatic heterocycles. The Morgan fingerprint density at radius 2 is 2.00 bits per heavy atom. The Hall–Kier alpha value is -2.15. The van der Waals surface area contributed by atoms with Crippen LogP contribution in [-0.2, 0) is 0 Å². The molecule has 7 nitrogen and oxygen atoms in total. The van der Waals surface area contributed by atoms with E-state index in [2.05, 4.69) is 10.2 Å². The first kappa shape index (κ1) is 12.9. The first-order chi connectivity index (χ1) is 9.56. The minimum atomic E-state index is -0.626. The summed E-state index contributed by atoms with van der Waals surface area (Å²) < 4.78 is 0. The second kappa shape index (κ2) is 4.75. The van der Waals surface area contributed by atoms with Gasteiger partial charge in [-0.15, -0.1) is 0 Å². The van der Waals surface area contributed by atoms with Gasteiger partial charge in [0.05, 0.1) is 16.2 Å². The minimum Gasteiger partial charge on any atom is -0.370 e. The quantitative estimate of drug-likeness (QED) is 0.612. The van der Waals surface area contributed by atoms with Crippen molar-refractivity contribution in [2.24, 2.45) is 17.6 Å². The molecule has 0 spiro atoms. The number of benzene rings is 1. The number of nitrogens with two attached hydrogens (primary N) is 1. The molecule has 0 aromatic heterocycles. The number of amides is 1. The summed E-state index contributed by atoms with van der Waals surface area (Å²) in [5.41, 5.74) is 6.19. The van der Waals surface area contributed by atoms with Crippen LogP contribution < -0.4 is 16.0 Å². The Balaban J connectivity index is 1.93. The summed E-state index contributed by atoms with van der Waals surface area (Å²) in [6.07, 6.45) is 0. The molecule has 2 saturated heterocycles. The fraction of sp³-hybridized carbons (Fsp3) is 0.462. The highest BCUT2D eigenvalue weighted by atomic mass is 16.6. The van der Waals surface area contributed by atoms with Crippen molar-refractivity contribution in [2.75, 3.05) is 31.1 Å². The lowest BCUT2D eigenvalue weighted by Crippen LogP contribution is -2.28. The van der Waals surface area contributed by atoms with Crippen LogP contribution in [0.4, 0.5) is 11.4 Å². The van der Waals surface area contributed by atoms with E-state index in [-0.39, 0.29) is 11.3 Å². The number of hydrogen-bond donors (Lipinski definition) is 2. The Kier molecular flexibility index (Phi) is 3.06. The molecule has 3 N–H and O–H groups in total. The summed E-state index contributed by atoms with van der Waals surface area (Å²) in [6, 6.07) is 4.32. The van der Waals surface area contributed by atoms with E-state index < -0.39 is 10.8 Å². The molecule has 0 aliphatic carbocycles. The third-order valence-electron chi connectivity index (χ3n) is 4.19. The van der Waals surface area contributed by atoms with Gasteiger partial charge in [0.15, 0.2) is 0 Å². The number of carbonyl (C=O) groups is 1. The summed E-state index contributed by atoms with van der Waals surface area (Å²) in [7, 11) is 0. The average Bonchev–Trinajstić information content (AvgIpc) is 2.98. The number of nitro groups is 1. The van der Waals surface area contributed by atoms with E-state index in [1.807, 2.05) is 0 Å². The first-order valence-electron chi connectivity index (χ1n) is 6.60. The van der Waals surface area contributed by atoms with Crippen LogP contribution in [0.15, 0.2) is 18.2 Å². The lowest BCUT2D eigenvalue weighted by Gasteiger charge is -2.21. The summed E-state index contributed by atoms with van der Waals surface area (Å²) in [5, 5.41) is 14.1. The molecule has 1 amide bonds. The number of non-ortho nitro benzene ring substituents is 1. The molecule has 2 aliphatic rings. The summed E-state index contributed by atoms with van der Waals surface area (Å²) >= 11 is 0. The zero-order valence-corrected chi connectivity index (χ0v) is 10.9. The predicted octanol–water partition coefficient (Wildman–Crippen LogP) is 0.349. The normalized spacial score (nSPS) is 24.7. The maximum atomic E-state index is 11.6. The van der Waals surface area contributed by atoms with E-state index in [1.54, 1.807) is 6.07 Å². The van der Waals surface area contributed by atoms with Gasteiger partial charge in [0.1, 0.15) is 0 Å². The molecule has 3 rings (SSSR count). The number of nitrogens with one attached hydrogen (secondary N) is 1. The maximum absolute atomic E-state index is 11.6. The molecule has 20 heavy (non-hydrogen) atoms. The van der Waals surface area contributed by atoms with Gasteiger partial charge in [0.2, 0.25) is 0 Å². The zero-order valence-electron chi connectivity index (χ0n) is 10.9. The second-order valence-corrected chi connectivity index (χ2v) is 5.41. The Morgan fingerprint density at radius 1 is 1.35 bits per heavy atom. The van der Waals surface area contributed by atoms with Crippen LogP contribution in [-0.4, -0.2) is 37.0 Å². The van der Waals surface area contributed by atoms with E-state index in [1.165, 1.54) is 12.1 Å². The fourth-order valence-electron chi connectivity index (χ4n) is 3.16. The van der Waals surface area contributed by atoms with Crippen LogP contribution in [0.25, 0.3) is 0 Å². The van der Waals surface area contributed by atoms with Crippen molar-refractivity contribution in [3.05, 3.63) is 33.9 Å². The summed E-state index contributed by atoms with van der Waals surface area (Å²) in [5.74, 6) is 0.524. The smallest absolute Gasteiger partial charge is 0.270 e. The molecular formula is C13H16N4O3. The van der Waals surface area contributed by atoms with E-state index in [9.17, 15) is 14.9 Å². The highest BCUT2D eigenvalue weighted by molar-refractivity contribution is 5.99. The third-order valence-corrected chi connectivity index (χ3v) is 4.19. The van der Waals surface area contributed by atoms with Gasteiger partial charge in [-0.1, -0.05) is 0 Å². The van der Waals surface area contributed by atoms with Gasteiger partial charge in [0, 0.05) is 38.3 Å². The lowest BCUT2D eigenvalue weighted by atomic mass is 10.0. The van der Waals surface area contributed by atoms with Crippen LogP contribution in [0, 0.1) is 22.0 Å². The van der Waals surface area contributed by atoms with Crippen molar-refractivity contribution in [1.82, 2.24) is 5.32 Å². The van der Waals surface area contributed by atoms with E-state index in [0.717, 1.165) is 26.2 Å². The number of fused-ring (bicyclic) bond motifs is 1. The number of rotatable bonds is 3. The molecule has 2 fully saturated rings. The first-order valence-corrected chi connectivity index (χ1v) is 6.60. The monoisotopic (exact) mass is 276 g/mol. The van der Waals surface area contributed by atoms with Gasteiger partial charge in [-0.25, -0.2) is 0 Å². The molecule has 7 heteroatoms. The molecule has 0 bridgehead atoms. The third kappa shape index (κ3) is 2.09. The summed E-state index contributed by atoms with van der Waals surface area (Å²) in [6.45, 7) is 3.69. The predicted molar refractivity (Wildman–Crippen MR) is 73.7 cm³/mol. The fourth-order valence-corrected chi connectivity index (χ4v) is 3.16. The second-order valence-electron chi connectivity index (χ2n) is 5.41. The molecule has 2 heterocycles. The van der Waals surface area contributed by atoms with Crippen molar-refractivity contribution < 1.29 is 9.72 Å². The van der Waals surface area contributed by atoms with Crippen LogP contribution in [0.3, 0.4) is 0 Å². The molecule has 2 unspecified atom stereocenters. The molecular weight excluding hydrogens is 260 g/mol. The molecule has 1 aromatic carbocycles. The topological polar surface area (TPSA) is 102 Å². The number of nitro benzene ring substituents is 1. The number of nitrogens with zero attached hydrogens (tertiary/aromatic N) is 2. The Morgan fingerprint density at radius 3 is 2.55 bits per heavy atom. The summed E-state index contributed by atoms with van der Waals surface area (Å²) in [4.78, 5) is 24.0. The Bertz CT molecular complexity index is 563. The Labute approximate surface area is 115 Å². The van der Waals surface area contributed by atoms with Crippen LogP contribution in [0.1, 0.15) is 10.4 Å². The molecule has 0 saturated carbocycles. The standard InChI is InChI=1S/C13H16N4O3/c14-13(18)11-3-10(17(19)20)1-2-12(11)16-6-8-4-15-5-9(8)7-16/h1-3,8-9,15H,4-7H2,(H2,14,18). The number of carbonyl (C=O) groups excluding carboxylic acids is 1. The van der Waals surface area contributed by atoms with Gasteiger partial charge in [-0.3, -0.25) is 14.9 Å². The van der Waals surface area contributed by atoms with Crippen molar-refractivity contribution >= 4 is 17.3 Å². The zero-order chi connectivity index (χ0) is 14.3. The molecule has 1 aromatic rings. The van der Waals surface area contributed by atoms with Crippen LogP contribution in [0.5, 0.6) is 0 Å². The van der Waals surface area contributed by atoms with Crippen molar-refractivity contribution in [3.8, 4) is 0 Å². The van der Waals surface area contributed by atoms with E-state index >= 15 is 0 Å². The molecule has 0 radical (unpaired) electrons. The SMILES string of the molecule is NC(=O)c1cc([N+](=O)[O-])ccc1N1CC2CNCC2C1. The molecule has 2 atom stereocenters. The number of primary amides is 1. The van der Waals surface area contributed by atoms with Crippen molar-refractivity contribution in [1.29, 1.82) is 0 Å². The van der Waals surface area contributed by atoms with Crippen molar-refractivity contribution in [2.45, 2.75) is 0 Å². The van der Waals surface area contributed by atoms with Crippen LogP contribution in [0.2, 0.25) is 0 Å². The highest BCUT2D eigenvalue weighted by Crippen LogP contribution is 2.33. The van der Waals surface area contributed by atoms with Gasteiger partial charge >= 0.3 is 0 Å². The number of anilines is 1. The van der Waals surface area contributed by atoms with Crippen LogP contribution >= 0.6 is 0 Å². The van der Waals surface area contributed by atoms with E-state index in [0.29, 0.717) is 17.5 Å². The van der Waals surface area contributed by atoms with Gasteiger partial charge < -0.3 is 16.0 Å². The lowest BCUT2D eigenvalue weighted by molar-refractivity contribution is -0.384. The average molecular weight is 276 g/mol.